The monoisotopic (exact) mass is 286 g/mol. The molecule has 22 heavy (non-hydrogen) atoms. The average molecular weight is 286 g/mol. The summed E-state index contributed by atoms with van der Waals surface area (Å²) in [5.74, 6) is 0.796. The summed E-state index contributed by atoms with van der Waals surface area (Å²) in [5.41, 5.74) is 3.94. The molecule has 0 unspecified atom stereocenters. The highest BCUT2D eigenvalue weighted by molar-refractivity contribution is 5.75. The van der Waals surface area contributed by atoms with Gasteiger partial charge in [0.05, 0.1) is 18.2 Å². The number of anilines is 2. The van der Waals surface area contributed by atoms with Crippen LogP contribution in [0, 0.1) is 0 Å². The summed E-state index contributed by atoms with van der Waals surface area (Å²) < 4.78 is 1.99. The van der Waals surface area contributed by atoms with Crippen LogP contribution in [0.2, 0.25) is 0 Å². The Morgan fingerprint density at radius 2 is 1.59 bits per heavy atom. The van der Waals surface area contributed by atoms with Gasteiger partial charge in [0.2, 0.25) is 0 Å². The molecule has 1 N–H and O–H groups in total. The highest BCUT2D eigenvalue weighted by atomic mass is 15.1. The van der Waals surface area contributed by atoms with Crippen molar-refractivity contribution in [3.05, 3.63) is 79.4 Å². The summed E-state index contributed by atoms with van der Waals surface area (Å²) in [5, 5.41) is 3.37. The Morgan fingerprint density at radius 3 is 2.36 bits per heavy atom. The summed E-state index contributed by atoms with van der Waals surface area (Å²) in [6.07, 6.45) is 5.60. The topological polar surface area (TPSA) is 42.2 Å². The predicted molar refractivity (Wildman–Crippen MR) is 88.1 cm³/mol. The molecular formula is C18H14N4. The Hall–Kier alpha value is -3.14. The minimum absolute atomic E-state index is 0.796. The number of benzene rings is 2. The Balaban J connectivity index is 1.84. The lowest BCUT2D eigenvalue weighted by atomic mass is 10.1. The Morgan fingerprint density at radius 1 is 0.864 bits per heavy atom. The van der Waals surface area contributed by atoms with Gasteiger partial charge < -0.3 is 9.72 Å². The highest BCUT2D eigenvalue weighted by Gasteiger charge is 2.08. The molecule has 106 valence electrons. The third-order valence-electron chi connectivity index (χ3n) is 3.51. The Bertz CT molecular complexity index is 898. The van der Waals surface area contributed by atoms with Crippen molar-refractivity contribution < 1.29 is 0 Å². The van der Waals surface area contributed by atoms with E-state index in [1.807, 2.05) is 65.3 Å². The average Bonchev–Trinajstić information content (AvgIpc) is 3.05. The molecule has 2 aromatic carbocycles. The summed E-state index contributed by atoms with van der Waals surface area (Å²) in [6.45, 7) is 0. The maximum atomic E-state index is 4.77. The molecule has 0 bridgehead atoms. The number of hydrogen-bond acceptors (Lipinski definition) is 3. The largest absolute Gasteiger partial charge is 0.338 e. The summed E-state index contributed by atoms with van der Waals surface area (Å²) >= 11 is 0. The fourth-order valence-electron chi connectivity index (χ4n) is 2.43. The number of nitrogens with one attached hydrogen (secondary N) is 1. The first-order valence-electron chi connectivity index (χ1n) is 7.10. The van der Waals surface area contributed by atoms with Crippen LogP contribution in [0.4, 0.5) is 11.5 Å². The zero-order valence-electron chi connectivity index (χ0n) is 11.8. The SMILES string of the molecule is c1ccc(Nc2nc(-c3ccccc3)cn3cncc23)cc1. The van der Waals surface area contributed by atoms with Gasteiger partial charge in [-0.3, -0.25) is 0 Å². The molecule has 0 atom stereocenters. The van der Waals surface area contributed by atoms with Gasteiger partial charge in [0, 0.05) is 17.4 Å². The van der Waals surface area contributed by atoms with Crippen molar-refractivity contribution >= 4 is 17.0 Å². The molecule has 4 rings (SSSR count). The van der Waals surface area contributed by atoms with Crippen molar-refractivity contribution in [2.75, 3.05) is 5.32 Å². The Labute approximate surface area is 128 Å². The number of para-hydroxylation sites is 1. The van der Waals surface area contributed by atoms with Crippen LogP contribution in [0.1, 0.15) is 0 Å². The number of hydrogen-bond donors (Lipinski definition) is 1. The van der Waals surface area contributed by atoms with Crippen molar-refractivity contribution in [2.45, 2.75) is 0 Å². The number of aromatic nitrogens is 3. The van der Waals surface area contributed by atoms with Crippen molar-refractivity contribution in [1.82, 2.24) is 14.4 Å². The van der Waals surface area contributed by atoms with Crippen LogP contribution in [0.15, 0.2) is 79.4 Å². The predicted octanol–water partition coefficient (Wildman–Crippen LogP) is 4.14. The van der Waals surface area contributed by atoms with Crippen molar-refractivity contribution in [1.29, 1.82) is 0 Å². The molecule has 0 aliphatic rings. The van der Waals surface area contributed by atoms with Gasteiger partial charge in [-0.15, -0.1) is 0 Å². The number of rotatable bonds is 3. The fourth-order valence-corrected chi connectivity index (χ4v) is 2.43. The molecule has 0 aliphatic heterocycles. The van der Waals surface area contributed by atoms with Crippen molar-refractivity contribution in [3.63, 3.8) is 0 Å². The molecule has 4 heteroatoms. The van der Waals surface area contributed by atoms with E-state index in [0.717, 1.165) is 28.3 Å². The van der Waals surface area contributed by atoms with Crippen LogP contribution in [-0.2, 0) is 0 Å². The zero-order chi connectivity index (χ0) is 14.8. The molecule has 0 saturated heterocycles. The lowest BCUT2D eigenvalue weighted by molar-refractivity contribution is 1.12. The highest BCUT2D eigenvalue weighted by Crippen LogP contribution is 2.24. The first kappa shape index (κ1) is 12.6. The first-order chi connectivity index (χ1) is 10.9. The quantitative estimate of drug-likeness (QED) is 0.615. The molecule has 4 aromatic rings. The van der Waals surface area contributed by atoms with E-state index in [0.29, 0.717) is 0 Å². The van der Waals surface area contributed by atoms with E-state index in [4.69, 9.17) is 4.98 Å². The van der Waals surface area contributed by atoms with Crippen LogP contribution < -0.4 is 5.32 Å². The maximum absolute atomic E-state index is 4.77. The van der Waals surface area contributed by atoms with Gasteiger partial charge in [0.1, 0.15) is 5.52 Å². The molecule has 2 aromatic heterocycles. The molecule has 4 nitrogen and oxygen atoms in total. The van der Waals surface area contributed by atoms with E-state index < -0.39 is 0 Å². The molecule has 0 radical (unpaired) electrons. The molecule has 2 heterocycles. The standard InChI is InChI=1S/C18H14N4/c1-3-7-14(8-4-1)16-12-22-13-19-11-17(22)18(21-16)20-15-9-5-2-6-10-15/h1-13H,(H,20,21). The third-order valence-corrected chi connectivity index (χ3v) is 3.51. The van der Waals surface area contributed by atoms with Crippen molar-refractivity contribution in [3.8, 4) is 11.3 Å². The minimum Gasteiger partial charge on any atom is -0.338 e. The van der Waals surface area contributed by atoms with Crippen LogP contribution in [0.5, 0.6) is 0 Å². The summed E-state index contributed by atoms with van der Waals surface area (Å²) in [7, 11) is 0. The van der Waals surface area contributed by atoms with Gasteiger partial charge in [-0.05, 0) is 12.1 Å². The van der Waals surface area contributed by atoms with Gasteiger partial charge in [-0.1, -0.05) is 48.5 Å². The van der Waals surface area contributed by atoms with Crippen LogP contribution in [-0.4, -0.2) is 14.4 Å². The smallest absolute Gasteiger partial charge is 0.157 e. The first-order valence-corrected chi connectivity index (χ1v) is 7.10. The number of imidazole rings is 1. The lowest BCUT2D eigenvalue weighted by Crippen LogP contribution is -1.99. The molecule has 0 spiro atoms. The zero-order valence-corrected chi connectivity index (χ0v) is 11.8. The van der Waals surface area contributed by atoms with E-state index in [1.165, 1.54) is 0 Å². The van der Waals surface area contributed by atoms with Crippen LogP contribution >= 0.6 is 0 Å². The lowest BCUT2D eigenvalue weighted by Gasteiger charge is -2.10. The van der Waals surface area contributed by atoms with E-state index in [-0.39, 0.29) is 0 Å². The molecule has 0 amide bonds. The molecule has 0 saturated carbocycles. The van der Waals surface area contributed by atoms with E-state index in [9.17, 15) is 0 Å². The van der Waals surface area contributed by atoms with Gasteiger partial charge in [0.25, 0.3) is 0 Å². The molecular weight excluding hydrogens is 272 g/mol. The van der Waals surface area contributed by atoms with E-state index in [2.05, 4.69) is 22.4 Å². The fraction of sp³-hybridized carbons (Fsp3) is 0. The second-order valence-corrected chi connectivity index (χ2v) is 5.02. The third kappa shape index (κ3) is 2.31. The number of fused-ring (bicyclic) bond motifs is 1. The summed E-state index contributed by atoms with van der Waals surface area (Å²) in [4.78, 5) is 8.99. The maximum Gasteiger partial charge on any atom is 0.157 e. The number of nitrogens with zero attached hydrogens (tertiary/aromatic N) is 3. The van der Waals surface area contributed by atoms with Crippen LogP contribution in [0.3, 0.4) is 0 Å². The van der Waals surface area contributed by atoms with E-state index in [1.54, 1.807) is 6.33 Å². The minimum atomic E-state index is 0.796. The second-order valence-electron chi connectivity index (χ2n) is 5.02. The van der Waals surface area contributed by atoms with Crippen LogP contribution in [0.25, 0.3) is 16.8 Å². The van der Waals surface area contributed by atoms with Gasteiger partial charge in [0.15, 0.2) is 5.82 Å². The summed E-state index contributed by atoms with van der Waals surface area (Å²) in [6, 6.07) is 20.2. The Kier molecular flexibility index (Phi) is 3.05. The van der Waals surface area contributed by atoms with Gasteiger partial charge >= 0.3 is 0 Å². The van der Waals surface area contributed by atoms with Crippen molar-refractivity contribution in [2.24, 2.45) is 0 Å². The second kappa shape index (κ2) is 5.33. The molecule has 0 aliphatic carbocycles. The van der Waals surface area contributed by atoms with E-state index >= 15 is 0 Å². The van der Waals surface area contributed by atoms with Gasteiger partial charge in [-0.2, -0.15) is 0 Å². The van der Waals surface area contributed by atoms with Gasteiger partial charge in [-0.25, -0.2) is 9.97 Å². The normalized spacial score (nSPS) is 10.7. The molecule has 0 fully saturated rings.